The lowest BCUT2D eigenvalue weighted by molar-refractivity contribution is -0.136. The highest BCUT2D eigenvalue weighted by Crippen LogP contribution is 2.33. The highest BCUT2D eigenvalue weighted by atomic mass is 32.1. The first kappa shape index (κ1) is 11.1. The first-order valence-corrected chi connectivity index (χ1v) is 6.18. The monoisotopic (exact) mass is 234 g/mol. The van der Waals surface area contributed by atoms with Crippen molar-refractivity contribution in [3.05, 3.63) is 34.7 Å². The van der Waals surface area contributed by atoms with Crippen LogP contribution in [0.15, 0.2) is 23.6 Å². The molecule has 1 heterocycles. The van der Waals surface area contributed by atoms with Gasteiger partial charge in [-0.1, -0.05) is 26.0 Å². The summed E-state index contributed by atoms with van der Waals surface area (Å²) in [4.78, 5) is 10.8. The highest BCUT2D eigenvalue weighted by molar-refractivity contribution is 7.17. The first-order chi connectivity index (χ1) is 7.59. The van der Waals surface area contributed by atoms with Crippen LogP contribution in [0.2, 0.25) is 0 Å². The number of aliphatic carboxylic acids is 1. The minimum atomic E-state index is -0.770. The fourth-order valence-corrected chi connectivity index (χ4v) is 3.09. The van der Waals surface area contributed by atoms with Gasteiger partial charge in [0.15, 0.2) is 0 Å². The molecule has 0 amide bonds. The molecule has 1 N–H and O–H groups in total. The number of hydrogen-bond donors (Lipinski definition) is 1. The normalized spacial score (nSPS) is 11.2. The maximum atomic E-state index is 10.8. The van der Waals surface area contributed by atoms with Crippen LogP contribution in [0, 0.1) is 0 Å². The molecule has 0 atom stereocenters. The van der Waals surface area contributed by atoms with Gasteiger partial charge >= 0.3 is 5.97 Å². The average Bonchev–Trinajstić information content (AvgIpc) is 2.61. The van der Waals surface area contributed by atoms with E-state index < -0.39 is 5.97 Å². The van der Waals surface area contributed by atoms with Gasteiger partial charge in [-0.3, -0.25) is 4.79 Å². The summed E-state index contributed by atoms with van der Waals surface area (Å²) in [5, 5.41) is 12.2. The molecule has 0 saturated carbocycles. The second kappa shape index (κ2) is 4.26. The maximum Gasteiger partial charge on any atom is 0.307 e. The standard InChI is InChI=1S/C13H14O2S/c1-8(2)10-7-16-11-5-3-4-9(13(10)11)6-12(14)15/h3-5,7-8H,6H2,1-2H3,(H,14,15). The molecule has 0 aliphatic carbocycles. The van der Waals surface area contributed by atoms with E-state index in [4.69, 9.17) is 5.11 Å². The molecular formula is C13H14O2S. The van der Waals surface area contributed by atoms with E-state index in [1.165, 1.54) is 10.3 Å². The van der Waals surface area contributed by atoms with Gasteiger partial charge in [-0.05, 0) is 33.9 Å². The molecule has 16 heavy (non-hydrogen) atoms. The van der Waals surface area contributed by atoms with E-state index in [1.807, 2.05) is 12.1 Å². The van der Waals surface area contributed by atoms with E-state index in [-0.39, 0.29) is 6.42 Å². The first-order valence-electron chi connectivity index (χ1n) is 5.30. The average molecular weight is 234 g/mol. The summed E-state index contributed by atoms with van der Waals surface area (Å²) in [5.41, 5.74) is 2.19. The van der Waals surface area contributed by atoms with Gasteiger partial charge in [0, 0.05) is 4.70 Å². The zero-order chi connectivity index (χ0) is 11.7. The fraction of sp³-hybridized carbons (Fsp3) is 0.308. The Morgan fingerprint density at radius 1 is 1.44 bits per heavy atom. The van der Waals surface area contributed by atoms with Crippen LogP contribution in [-0.2, 0) is 11.2 Å². The van der Waals surface area contributed by atoms with Crippen LogP contribution in [0.1, 0.15) is 30.9 Å². The van der Waals surface area contributed by atoms with E-state index in [9.17, 15) is 4.79 Å². The second-order valence-electron chi connectivity index (χ2n) is 4.21. The Hall–Kier alpha value is -1.35. The van der Waals surface area contributed by atoms with Gasteiger partial charge in [0.25, 0.3) is 0 Å². The molecule has 84 valence electrons. The van der Waals surface area contributed by atoms with Crippen molar-refractivity contribution in [1.82, 2.24) is 0 Å². The lowest BCUT2D eigenvalue weighted by atomic mass is 9.97. The number of rotatable bonds is 3. The Bertz CT molecular complexity index is 526. The number of thiophene rings is 1. The summed E-state index contributed by atoms with van der Waals surface area (Å²) in [6.45, 7) is 4.28. The summed E-state index contributed by atoms with van der Waals surface area (Å²) in [5.74, 6) is -0.336. The minimum absolute atomic E-state index is 0.105. The Labute approximate surface area is 98.5 Å². The summed E-state index contributed by atoms with van der Waals surface area (Å²) in [7, 11) is 0. The third-order valence-corrected chi connectivity index (χ3v) is 3.64. The minimum Gasteiger partial charge on any atom is -0.481 e. The summed E-state index contributed by atoms with van der Waals surface area (Å²) in [6.07, 6.45) is 0.105. The van der Waals surface area contributed by atoms with Crippen LogP contribution in [-0.4, -0.2) is 11.1 Å². The van der Waals surface area contributed by atoms with E-state index >= 15 is 0 Å². The molecule has 0 spiro atoms. The van der Waals surface area contributed by atoms with Gasteiger partial charge in [0.05, 0.1) is 6.42 Å². The lowest BCUT2D eigenvalue weighted by Gasteiger charge is -2.06. The van der Waals surface area contributed by atoms with Crippen LogP contribution in [0.4, 0.5) is 0 Å². The van der Waals surface area contributed by atoms with Crippen LogP contribution < -0.4 is 0 Å². The smallest absolute Gasteiger partial charge is 0.307 e. The van der Waals surface area contributed by atoms with Crippen molar-refractivity contribution in [2.75, 3.05) is 0 Å². The third kappa shape index (κ3) is 1.95. The number of carbonyl (C=O) groups is 1. The molecule has 0 saturated heterocycles. The van der Waals surface area contributed by atoms with Crippen LogP contribution >= 0.6 is 11.3 Å². The molecule has 3 heteroatoms. The maximum absolute atomic E-state index is 10.8. The molecule has 0 fully saturated rings. The SMILES string of the molecule is CC(C)c1csc2cccc(CC(=O)O)c12. The zero-order valence-electron chi connectivity index (χ0n) is 9.36. The number of fused-ring (bicyclic) bond motifs is 1. The number of benzene rings is 1. The Morgan fingerprint density at radius 3 is 2.81 bits per heavy atom. The molecule has 1 aromatic heterocycles. The fourth-order valence-electron chi connectivity index (χ4n) is 1.92. The highest BCUT2D eigenvalue weighted by Gasteiger charge is 2.12. The van der Waals surface area contributed by atoms with E-state index in [0.29, 0.717) is 5.92 Å². The lowest BCUT2D eigenvalue weighted by Crippen LogP contribution is -2.01. The third-order valence-electron chi connectivity index (χ3n) is 2.68. The Kier molecular flexibility index (Phi) is 2.97. The largest absolute Gasteiger partial charge is 0.481 e. The molecule has 0 radical (unpaired) electrons. The predicted octanol–water partition coefficient (Wildman–Crippen LogP) is 3.65. The van der Waals surface area contributed by atoms with Crippen molar-refractivity contribution in [3.8, 4) is 0 Å². The number of hydrogen-bond acceptors (Lipinski definition) is 2. The van der Waals surface area contributed by atoms with Gasteiger partial charge < -0.3 is 5.11 Å². The predicted molar refractivity (Wildman–Crippen MR) is 67.3 cm³/mol. The van der Waals surface area contributed by atoms with Crippen LogP contribution in [0.5, 0.6) is 0 Å². The molecule has 2 aromatic rings. The van der Waals surface area contributed by atoms with Gasteiger partial charge in [-0.25, -0.2) is 0 Å². The van der Waals surface area contributed by atoms with Crippen molar-refractivity contribution in [2.24, 2.45) is 0 Å². The molecule has 0 unspecified atom stereocenters. The molecule has 0 aliphatic heterocycles. The van der Waals surface area contributed by atoms with Crippen molar-refractivity contribution in [2.45, 2.75) is 26.2 Å². The van der Waals surface area contributed by atoms with Gasteiger partial charge in [-0.15, -0.1) is 11.3 Å². The van der Waals surface area contributed by atoms with Crippen molar-refractivity contribution >= 4 is 27.4 Å². The molecular weight excluding hydrogens is 220 g/mol. The Morgan fingerprint density at radius 2 is 2.19 bits per heavy atom. The van der Waals surface area contributed by atoms with Crippen molar-refractivity contribution < 1.29 is 9.90 Å². The van der Waals surface area contributed by atoms with Crippen molar-refractivity contribution in [1.29, 1.82) is 0 Å². The zero-order valence-corrected chi connectivity index (χ0v) is 10.2. The van der Waals surface area contributed by atoms with Gasteiger partial charge in [0.1, 0.15) is 0 Å². The molecule has 0 aliphatic rings. The van der Waals surface area contributed by atoms with Crippen LogP contribution in [0.3, 0.4) is 0 Å². The Balaban J connectivity index is 2.63. The van der Waals surface area contributed by atoms with Gasteiger partial charge in [0.2, 0.25) is 0 Å². The second-order valence-corrected chi connectivity index (χ2v) is 5.12. The van der Waals surface area contributed by atoms with E-state index in [2.05, 4.69) is 25.3 Å². The van der Waals surface area contributed by atoms with Gasteiger partial charge in [-0.2, -0.15) is 0 Å². The topological polar surface area (TPSA) is 37.3 Å². The summed E-state index contributed by atoms with van der Waals surface area (Å²) < 4.78 is 1.18. The van der Waals surface area contributed by atoms with Crippen molar-refractivity contribution in [3.63, 3.8) is 0 Å². The summed E-state index contributed by atoms with van der Waals surface area (Å²) >= 11 is 1.69. The molecule has 2 rings (SSSR count). The molecule has 2 nitrogen and oxygen atoms in total. The summed E-state index contributed by atoms with van der Waals surface area (Å²) in [6, 6.07) is 5.90. The van der Waals surface area contributed by atoms with E-state index in [1.54, 1.807) is 11.3 Å². The molecule has 1 aromatic carbocycles. The number of carboxylic acids is 1. The number of carboxylic acid groups (broad SMARTS) is 1. The quantitative estimate of drug-likeness (QED) is 0.880. The molecule has 0 bridgehead atoms. The van der Waals surface area contributed by atoms with Crippen LogP contribution in [0.25, 0.3) is 10.1 Å². The van der Waals surface area contributed by atoms with E-state index in [0.717, 1.165) is 10.9 Å².